The van der Waals surface area contributed by atoms with Crippen LogP contribution in [-0.4, -0.2) is 67.2 Å². The number of esters is 2. The van der Waals surface area contributed by atoms with Crippen LogP contribution in [0.1, 0.15) is 66.8 Å². The third kappa shape index (κ3) is 8.40. The number of hydrogen-bond donors (Lipinski definition) is 1. The summed E-state index contributed by atoms with van der Waals surface area (Å²) in [6.45, 7) is 5.45. The molecule has 0 saturated heterocycles. The minimum atomic E-state index is -0.406. The predicted molar refractivity (Wildman–Crippen MR) is 162 cm³/mol. The molecule has 2 aromatic carbocycles. The number of carbonyl (C=O) groups excluding carboxylic acids is 4. The molecule has 1 aromatic heterocycles. The lowest BCUT2D eigenvalue weighted by atomic mass is 10.1. The smallest absolute Gasteiger partial charge is 0.306 e. The van der Waals surface area contributed by atoms with Crippen LogP contribution >= 0.6 is 11.3 Å². The molecule has 0 saturated carbocycles. The van der Waals surface area contributed by atoms with E-state index in [-0.39, 0.29) is 68.9 Å². The van der Waals surface area contributed by atoms with Crippen LogP contribution in [0.5, 0.6) is 23.0 Å². The minimum absolute atomic E-state index is 0.0244. The first-order chi connectivity index (χ1) is 21.2. The Morgan fingerprint density at radius 2 is 1.41 bits per heavy atom. The summed E-state index contributed by atoms with van der Waals surface area (Å²) in [5.41, 5.74) is 1.92. The number of Topliss-reactive ketones (excluding diaryl/α,β-unsaturated/α-hetero) is 1. The van der Waals surface area contributed by atoms with Gasteiger partial charge in [0.05, 0.1) is 51.3 Å². The molecule has 0 radical (unpaired) electrons. The Morgan fingerprint density at radius 1 is 0.795 bits per heavy atom. The third-order valence-electron chi connectivity index (χ3n) is 6.95. The molecular weight excluding hydrogens is 590 g/mol. The monoisotopic (exact) mass is 627 g/mol. The second-order valence-electron chi connectivity index (χ2n) is 10.1. The number of phenols is 1. The summed E-state index contributed by atoms with van der Waals surface area (Å²) in [6.07, 6.45) is 0.744. The van der Waals surface area contributed by atoms with Gasteiger partial charge in [0.2, 0.25) is 5.91 Å². The van der Waals surface area contributed by atoms with Gasteiger partial charge in [-0.2, -0.15) is 0 Å². The van der Waals surface area contributed by atoms with E-state index in [0.29, 0.717) is 48.2 Å². The van der Waals surface area contributed by atoms with E-state index in [2.05, 4.69) is 0 Å². The molecule has 236 valence electrons. The van der Waals surface area contributed by atoms with Gasteiger partial charge in [-0.25, -0.2) is 0 Å². The van der Waals surface area contributed by atoms with Crippen LogP contribution in [0.3, 0.4) is 0 Å². The molecule has 2 heterocycles. The van der Waals surface area contributed by atoms with Gasteiger partial charge in [0, 0.05) is 43.1 Å². The Balaban J connectivity index is 1.27. The maximum absolute atomic E-state index is 12.6. The lowest BCUT2D eigenvalue weighted by Crippen LogP contribution is -2.25. The average molecular weight is 628 g/mol. The van der Waals surface area contributed by atoms with Crippen molar-refractivity contribution in [3.05, 3.63) is 46.3 Å². The number of methoxy groups -OCH3 is 1. The summed E-state index contributed by atoms with van der Waals surface area (Å²) in [7, 11) is 1.55. The van der Waals surface area contributed by atoms with Crippen molar-refractivity contribution >= 4 is 45.1 Å². The highest BCUT2D eigenvalue weighted by Crippen LogP contribution is 2.37. The summed E-state index contributed by atoms with van der Waals surface area (Å²) in [4.78, 5) is 50.5. The van der Waals surface area contributed by atoms with Crippen molar-refractivity contribution in [1.29, 1.82) is 0 Å². The van der Waals surface area contributed by atoms with Gasteiger partial charge >= 0.3 is 11.9 Å². The zero-order valence-corrected chi connectivity index (χ0v) is 26.0. The third-order valence-corrected chi connectivity index (χ3v) is 8.09. The lowest BCUT2D eigenvalue weighted by Gasteiger charge is -2.14. The first-order valence-corrected chi connectivity index (χ1v) is 15.4. The normalized spacial score (nSPS) is 12.1. The molecule has 0 unspecified atom stereocenters. The molecular formula is C32H37NO10S. The van der Waals surface area contributed by atoms with Crippen molar-refractivity contribution in [3.63, 3.8) is 0 Å². The number of fused-ring (bicyclic) bond motifs is 2. The maximum atomic E-state index is 12.6. The molecule has 4 rings (SSSR count). The number of thiophene rings is 1. The standard InChI is InChI=1S/C32H37NO10S/c1-4-40-31(37)9-7-23(34)29-16-20-13-25(24(35)17-28(20)44-29)42-11-6-12-43-27-15-22-19-33(18-21(22)14-26(27)39-3)30(36)8-10-32(38)41-5-2/h13-17,35H,4-12,18-19H2,1-3H3. The lowest BCUT2D eigenvalue weighted by molar-refractivity contribution is -0.145. The number of rotatable bonds is 16. The molecule has 1 N–H and O–H groups in total. The van der Waals surface area contributed by atoms with Crippen molar-refractivity contribution in [2.75, 3.05) is 33.5 Å². The summed E-state index contributed by atoms with van der Waals surface area (Å²) < 4.78 is 27.8. The van der Waals surface area contributed by atoms with Crippen molar-refractivity contribution in [1.82, 2.24) is 4.90 Å². The van der Waals surface area contributed by atoms with Crippen molar-refractivity contribution < 1.29 is 48.0 Å². The Morgan fingerprint density at radius 3 is 2.05 bits per heavy atom. The van der Waals surface area contributed by atoms with Crippen LogP contribution in [0.25, 0.3) is 10.1 Å². The molecule has 12 heteroatoms. The molecule has 1 amide bonds. The van der Waals surface area contributed by atoms with E-state index < -0.39 is 5.97 Å². The Kier molecular flexibility index (Phi) is 11.4. The molecule has 0 fully saturated rings. The first kappa shape index (κ1) is 32.6. The average Bonchev–Trinajstić information content (AvgIpc) is 3.62. The molecule has 0 aliphatic carbocycles. The van der Waals surface area contributed by atoms with Crippen molar-refractivity contribution in [2.45, 2.75) is 59.0 Å². The highest BCUT2D eigenvalue weighted by Gasteiger charge is 2.26. The number of amides is 1. The summed E-state index contributed by atoms with van der Waals surface area (Å²) in [5, 5.41) is 11.2. The Bertz CT molecular complexity index is 1510. The first-order valence-electron chi connectivity index (χ1n) is 14.6. The highest BCUT2D eigenvalue weighted by molar-refractivity contribution is 7.20. The highest BCUT2D eigenvalue weighted by atomic mass is 32.1. The number of carbonyl (C=O) groups is 4. The van der Waals surface area contributed by atoms with Gasteiger partial charge in [-0.1, -0.05) is 0 Å². The van der Waals surface area contributed by atoms with E-state index in [1.54, 1.807) is 44.1 Å². The number of ether oxygens (including phenoxy) is 5. The van der Waals surface area contributed by atoms with Crippen LogP contribution in [0, 0.1) is 0 Å². The number of benzene rings is 2. The SMILES string of the molecule is CCOC(=O)CCC(=O)c1cc2cc(OCCCOc3cc4c(cc3OC)CN(C(=O)CCC(=O)OCC)C4)c(O)cc2s1. The van der Waals surface area contributed by atoms with E-state index in [0.717, 1.165) is 21.2 Å². The number of hydrogen-bond acceptors (Lipinski definition) is 11. The van der Waals surface area contributed by atoms with Crippen LogP contribution in [-0.2, 0) is 36.9 Å². The Labute approximate surface area is 259 Å². The van der Waals surface area contributed by atoms with Gasteiger partial charge < -0.3 is 33.7 Å². The van der Waals surface area contributed by atoms with Crippen LogP contribution in [0.15, 0.2) is 30.3 Å². The van der Waals surface area contributed by atoms with Gasteiger partial charge in [-0.15, -0.1) is 11.3 Å². The van der Waals surface area contributed by atoms with E-state index in [9.17, 15) is 24.3 Å². The number of nitrogens with zero attached hydrogens (tertiary/aromatic N) is 1. The van der Waals surface area contributed by atoms with Gasteiger partial charge in [-0.3, -0.25) is 19.2 Å². The zero-order chi connectivity index (χ0) is 31.6. The van der Waals surface area contributed by atoms with Crippen LogP contribution in [0.2, 0.25) is 0 Å². The van der Waals surface area contributed by atoms with E-state index >= 15 is 0 Å². The fourth-order valence-electron chi connectivity index (χ4n) is 4.76. The van der Waals surface area contributed by atoms with Crippen LogP contribution < -0.4 is 14.2 Å². The molecule has 0 spiro atoms. The molecule has 1 aliphatic rings. The summed E-state index contributed by atoms with van der Waals surface area (Å²) >= 11 is 1.25. The molecule has 0 atom stereocenters. The largest absolute Gasteiger partial charge is 0.504 e. The summed E-state index contributed by atoms with van der Waals surface area (Å²) in [5.74, 6) is 0.300. The van der Waals surface area contributed by atoms with Gasteiger partial charge in [0.15, 0.2) is 28.8 Å². The van der Waals surface area contributed by atoms with Gasteiger partial charge in [0.25, 0.3) is 0 Å². The predicted octanol–water partition coefficient (Wildman–Crippen LogP) is 5.17. The molecule has 1 aliphatic heterocycles. The van der Waals surface area contributed by atoms with Gasteiger partial charge in [0.1, 0.15) is 0 Å². The molecule has 11 nitrogen and oxygen atoms in total. The molecule has 3 aromatic rings. The fraction of sp³-hybridized carbons (Fsp3) is 0.438. The van der Waals surface area contributed by atoms with Crippen molar-refractivity contribution in [2.24, 2.45) is 0 Å². The van der Waals surface area contributed by atoms with Gasteiger partial charge in [-0.05, 0) is 54.6 Å². The van der Waals surface area contributed by atoms with E-state index in [1.807, 2.05) is 12.1 Å². The quantitative estimate of drug-likeness (QED) is 0.129. The maximum Gasteiger partial charge on any atom is 0.306 e. The molecule has 44 heavy (non-hydrogen) atoms. The fourth-order valence-corrected chi connectivity index (χ4v) is 5.80. The summed E-state index contributed by atoms with van der Waals surface area (Å²) in [6, 6.07) is 8.72. The van der Waals surface area contributed by atoms with Crippen LogP contribution in [0.4, 0.5) is 0 Å². The van der Waals surface area contributed by atoms with Crippen molar-refractivity contribution in [3.8, 4) is 23.0 Å². The van der Waals surface area contributed by atoms with E-state index in [4.69, 9.17) is 23.7 Å². The van der Waals surface area contributed by atoms with E-state index in [1.165, 1.54) is 11.3 Å². The number of ketones is 1. The second-order valence-corrected chi connectivity index (χ2v) is 11.2. The Hall–Kier alpha value is -4.32. The molecule has 0 bridgehead atoms. The topological polar surface area (TPSA) is 138 Å². The zero-order valence-electron chi connectivity index (χ0n) is 25.1. The second kappa shape index (κ2) is 15.4. The number of aromatic hydroxyl groups is 1. The number of phenolic OH excluding ortho intramolecular Hbond substituents is 1. The minimum Gasteiger partial charge on any atom is -0.504 e.